The Labute approximate surface area is 124 Å². The van der Waals surface area contributed by atoms with Gasteiger partial charge >= 0.3 is 5.97 Å². The van der Waals surface area contributed by atoms with Crippen molar-refractivity contribution in [2.24, 2.45) is 5.92 Å². The minimum Gasteiger partial charge on any atom is -0.481 e. The maximum atomic E-state index is 12.1. The molecule has 0 saturated carbocycles. The number of amides is 1. The second kappa shape index (κ2) is 8.64. The molecule has 4 nitrogen and oxygen atoms in total. The summed E-state index contributed by atoms with van der Waals surface area (Å²) >= 11 is 1.53. The average molecular weight is 295 g/mol. The van der Waals surface area contributed by atoms with Crippen LogP contribution in [0.15, 0.2) is 35.2 Å². The molecule has 1 aromatic carbocycles. The molecular formula is C15H21NO3S. The third-order valence-electron chi connectivity index (χ3n) is 2.83. The van der Waals surface area contributed by atoms with Gasteiger partial charge in [-0.1, -0.05) is 32.0 Å². The van der Waals surface area contributed by atoms with E-state index < -0.39 is 5.97 Å². The quantitative estimate of drug-likeness (QED) is 0.724. The van der Waals surface area contributed by atoms with E-state index in [-0.39, 0.29) is 23.5 Å². The Morgan fingerprint density at radius 2 is 1.95 bits per heavy atom. The Bertz CT molecular complexity index is 436. The first-order chi connectivity index (χ1) is 9.52. The summed E-state index contributed by atoms with van der Waals surface area (Å²) in [7, 11) is 0. The third-order valence-corrected chi connectivity index (χ3v) is 4.21. The largest absolute Gasteiger partial charge is 0.481 e. The molecule has 0 bridgehead atoms. The molecule has 0 aliphatic rings. The number of carbonyl (C=O) groups is 2. The van der Waals surface area contributed by atoms with Gasteiger partial charge < -0.3 is 10.4 Å². The molecule has 0 saturated heterocycles. The summed E-state index contributed by atoms with van der Waals surface area (Å²) in [5, 5.41) is 11.4. The van der Waals surface area contributed by atoms with Crippen LogP contribution >= 0.6 is 11.8 Å². The minimum absolute atomic E-state index is 0.0291. The third kappa shape index (κ3) is 6.10. The molecule has 2 atom stereocenters. The van der Waals surface area contributed by atoms with Crippen molar-refractivity contribution in [1.29, 1.82) is 0 Å². The second-order valence-electron chi connectivity index (χ2n) is 4.78. The zero-order valence-corrected chi connectivity index (χ0v) is 12.7. The van der Waals surface area contributed by atoms with Crippen LogP contribution in [0.25, 0.3) is 0 Å². The van der Waals surface area contributed by atoms with Gasteiger partial charge in [-0.05, 0) is 24.5 Å². The van der Waals surface area contributed by atoms with Crippen molar-refractivity contribution in [3.63, 3.8) is 0 Å². The Morgan fingerprint density at radius 1 is 1.30 bits per heavy atom. The fourth-order valence-electron chi connectivity index (χ4n) is 1.74. The van der Waals surface area contributed by atoms with E-state index in [1.807, 2.05) is 44.2 Å². The van der Waals surface area contributed by atoms with Crippen LogP contribution in [0.4, 0.5) is 0 Å². The number of carboxylic acids is 1. The van der Waals surface area contributed by atoms with Crippen molar-refractivity contribution in [2.45, 2.75) is 36.8 Å². The number of nitrogens with one attached hydrogen (secondary N) is 1. The van der Waals surface area contributed by atoms with E-state index in [4.69, 9.17) is 5.11 Å². The van der Waals surface area contributed by atoms with Gasteiger partial charge in [0.15, 0.2) is 0 Å². The molecule has 0 heterocycles. The highest BCUT2D eigenvalue weighted by Crippen LogP contribution is 2.25. The molecule has 0 spiro atoms. The number of aliphatic carboxylic acids is 1. The summed E-state index contributed by atoms with van der Waals surface area (Å²) in [6.45, 7) is 4.19. The van der Waals surface area contributed by atoms with Crippen molar-refractivity contribution < 1.29 is 14.7 Å². The van der Waals surface area contributed by atoms with Crippen molar-refractivity contribution >= 4 is 23.6 Å². The normalized spacial score (nSPS) is 13.5. The number of hydrogen-bond acceptors (Lipinski definition) is 3. The maximum Gasteiger partial charge on any atom is 0.303 e. The molecule has 20 heavy (non-hydrogen) atoms. The van der Waals surface area contributed by atoms with Crippen LogP contribution in [-0.2, 0) is 9.59 Å². The summed E-state index contributed by atoms with van der Waals surface area (Å²) in [5.41, 5.74) is 0. The Morgan fingerprint density at radius 3 is 2.50 bits per heavy atom. The molecule has 0 aliphatic carbocycles. The van der Waals surface area contributed by atoms with Crippen molar-refractivity contribution in [3.05, 3.63) is 30.3 Å². The molecule has 0 radical (unpaired) electrons. The Balaban J connectivity index is 2.45. The molecule has 5 heteroatoms. The Hall–Kier alpha value is -1.49. The van der Waals surface area contributed by atoms with Gasteiger partial charge in [0.2, 0.25) is 5.91 Å². The average Bonchev–Trinajstić information content (AvgIpc) is 2.42. The first-order valence-electron chi connectivity index (χ1n) is 6.74. The lowest BCUT2D eigenvalue weighted by atomic mass is 10.1. The first kappa shape index (κ1) is 16.6. The number of thioether (sulfide) groups is 1. The van der Waals surface area contributed by atoms with Crippen molar-refractivity contribution in [1.82, 2.24) is 5.32 Å². The summed E-state index contributed by atoms with van der Waals surface area (Å²) in [4.78, 5) is 23.7. The first-order valence-corrected chi connectivity index (χ1v) is 7.62. The van der Waals surface area contributed by atoms with Gasteiger partial charge in [0, 0.05) is 17.9 Å². The standard InChI is InChI=1S/C15H21NO3S/c1-3-13(20-12-7-5-4-6-8-12)15(19)16-10-11(2)9-14(17)18/h4-8,11,13H,3,9-10H2,1-2H3,(H,16,19)(H,17,18). The van der Waals surface area contributed by atoms with Crippen molar-refractivity contribution in [3.8, 4) is 0 Å². The number of carbonyl (C=O) groups excluding carboxylic acids is 1. The lowest BCUT2D eigenvalue weighted by Crippen LogP contribution is -2.35. The van der Waals surface area contributed by atoms with E-state index in [0.29, 0.717) is 6.54 Å². The van der Waals surface area contributed by atoms with Gasteiger partial charge in [-0.3, -0.25) is 9.59 Å². The van der Waals surface area contributed by atoms with Gasteiger partial charge in [-0.25, -0.2) is 0 Å². The van der Waals surface area contributed by atoms with Gasteiger partial charge in [0.05, 0.1) is 5.25 Å². The van der Waals surface area contributed by atoms with E-state index in [1.54, 1.807) is 0 Å². The fourth-order valence-corrected chi connectivity index (χ4v) is 2.74. The Kier molecular flexibility index (Phi) is 7.15. The molecule has 1 amide bonds. The maximum absolute atomic E-state index is 12.1. The van der Waals surface area contributed by atoms with Gasteiger partial charge in [0.25, 0.3) is 0 Å². The summed E-state index contributed by atoms with van der Waals surface area (Å²) in [5.74, 6) is -0.924. The second-order valence-corrected chi connectivity index (χ2v) is 6.05. The zero-order chi connectivity index (χ0) is 15.0. The number of benzene rings is 1. The van der Waals surface area contributed by atoms with Gasteiger partial charge in [-0.15, -0.1) is 11.8 Å². The van der Waals surface area contributed by atoms with Crippen LogP contribution < -0.4 is 5.32 Å². The summed E-state index contributed by atoms with van der Waals surface area (Å²) in [6, 6.07) is 9.80. The fraction of sp³-hybridized carbons (Fsp3) is 0.467. The number of rotatable bonds is 8. The number of carboxylic acid groups (broad SMARTS) is 1. The topological polar surface area (TPSA) is 66.4 Å². The summed E-state index contributed by atoms with van der Waals surface area (Å²) in [6.07, 6.45) is 0.807. The van der Waals surface area contributed by atoms with E-state index in [0.717, 1.165) is 11.3 Å². The van der Waals surface area contributed by atoms with E-state index >= 15 is 0 Å². The monoisotopic (exact) mass is 295 g/mol. The zero-order valence-electron chi connectivity index (χ0n) is 11.8. The lowest BCUT2D eigenvalue weighted by Gasteiger charge is -2.16. The van der Waals surface area contributed by atoms with Crippen molar-refractivity contribution in [2.75, 3.05) is 6.54 Å². The molecule has 0 aromatic heterocycles. The van der Waals surface area contributed by atoms with Crippen LogP contribution in [0.3, 0.4) is 0 Å². The lowest BCUT2D eigenvalue weighted by molar-refractivity contribution is -0.138. The van der Waals surface area contributed by atoms with Crippen LogP contribution in [0.1, 0.15) is 26.7 Å². The van der Waals surface area contributed by atoms with E-state index in [1.165, 1.54) is 11.8 Å². The molecular weight excluding hydrogens is 274 g/mol. The molecule has 110 valence electrons. The van der Waals surface area contributed by atoms with Crippen LogP contribution in [-0.4, -0.2) is 28.8 Å². The minimum atomic E-state index is -0.836. The molecule has 0 aliphatic heterocycles. The van der Waals surface area contributed by atoms with Gasteiger partial charge in [0.1, 0.15) is 0 Å². The molecule has 0 fully saturated rings. The predicted molar refractivity (Wildman–Crippen MR) is 80.8 cm³/mol. The highest BCUT2D eigenvalue weighted by Gasteiger charge is 2.18. The molecule has 2 unspecified atom stereocenters. The molecule has 2 N–H and O–H groups in total. The van der Waals surface area contributed by atoms with Crippen LogP contribution in [0.2, 0.25) is 0 Å². The van der Waals surface area contributed by atoms with Crippen LogP contribution in [0.5, 0.6) is 0 Å². The SMILES string of the molecule is CCC(Sc1ccccc1)C(=O)NCC(C)CC(=O)O. The van der Waals surface area contributed by atoms with E-state index in [2.05, 4.69) is 5.32 Å². The van der Waals surface area contributed by atoms with E-state index in [9.17, 15) is 9.59 Å². The number of hydrogen-bond donors (Lipinski definition) is 2. The highest BCUT2D eigenvalue weighted by atomic mass is 32.2. The summed E-state index contributed by atoms with van der Waals surface area (Å²) < 4.78 is 0. The van der Waals surface area contributed by atoms with Gasteiger partial charge in [-0.2, -0.15) is 0 Å². The smallest absolute Gasteiger partial charge is 0.303 e. The highest BCUT2D eigenvalue weighted by molar-refractivity contribution is 8.00. The predicted octanol–water partition coefficient (Wildman–Crippen LogP) is 2.78. The molecule has 1 rings (SSSR count). The molecule has 1 aromatic rings. The van der Waals surface area contributed by atoms with Crippen LogP contribution in [0, 0.1) is 5.92 Å².